The highest BCUT2D eigenvalue weighted by Gasteiger charge is 2.41. The van der Waals surface area contributed by atoms with E-state index in [4.69, 9.17) is 0 Å². The van der Waals surface area contributed by atoms with Crippen LogP contribution in [-0.2, 0) is 35.5 Å². The number of aryl methyl sites for hydroxylation is 1. The van der Waals surface area contributed by atoms with E-state index in [9.17, 15) is 26.6 Å². The molecule has 0 bridgehead atoms. The lowest BCUT2D eigenvalue weighted by Gasteiger charge is -2.37. The van der Waals surface area contributed by atoms with Crippen LogP contribution in [0.3, 0.4) is 0 Å². The van der Waals surface area contributed by atoms with Gasteiger partial charge in [-0.1, -0.05) is 40.8 Å². The van der Waals surface area contributed by atoms with Crippen LogP contribution in [0.1, 0.15) is 57.1 Å². The van der Waals surface area contributed by atoms with Crippen LogP contribution in [0, 0.1) is 18.7 Å². The van der Waals surface area contributed by atoms with E-state index in [0.29, 0.717) is 24.9 Å². The van der Waals surface area contributed by atoms with Crippen LogP contribution < -0.4 is 9.70 Å². The third-order valence-electron chi connectivity index (χ3n) is 6.97. The first-order valence-electron chi connectivity index (χ1n) is 12.0. The van der Waals surface area contributed by atoms with E-state index in [1.165, 1.54) is 11.6 Å². The maximum absolute atomic E-state index is 14.9. The van der Waals surface area contributed by atoms with Crippen molar-refractivity contribution >= 4 is 29.9 Å². The zero-order chi connectivity index (χ0) is 28.1. The summed E-state index contributed by atoms with van der Waals surface area (Å²) >= 11 is 0. The monoisotopic (exact) mass is 562 g/mol. The molecule has 0 aliphatic heterocycles. The first-order valence-corrected chi connectivity index (χ1v) is 16.5. The Morgan fingerprint density at radius 3 is 2.41 bits per heavy atom. The zero-order valence-electron chi connectivity index (χ0n) is 22.3. The van der Waals surface area contributed by atoms with E-state index in [1.807, 2.05) is 40.8 Å². The molecule has 8 nitrogen and oxygen atoms in total. The number of pyridine rings is 1. The van der Waals surface area contributed by atoms with Gasteiger partial charge in [-0.25, -0.2) is 22.8 Å². The molecule has 0 saturated heterocycles. The Morgan fingerprint density at radius 1 is 1.27 bits per heavy atom. The number of carbonyl (C=O) groups excluding carboxylic acids is 1. The number of amides is 2. The van der Waals surface area contributed by atoms with E-state index in [1.54, 1.807) is 6.92 Å². The van der Waals surface area contributed by atoms with Crippen molar-refractivity contribution in [3.63, 3.8) is 0 Å². The number of carbonyl (C=O) groups is 1. The highest BCUT2D eigenvalue weighted by molar-refractivity contribution is 7.93. The van der Waals surface area contributed by atoms with Gasteiger partial charge in [-0.2, -0.15) is 18.3 Å². The second-order valence-electron chi connectivity index (χ2n) is 11.1. The van der Waals surface area contributed by atoms with E-state index < -0.39 is 46.9 Å². The fourth-order valence-electron chi connectivity index (χ4n) is 3.95. The summed E-state index contributed by atoms with van der Waals surface area (Å²) in [5, 5.41) is 5.59. The number of hydrogen-bond donors (Lipinski definition) is 2. The molecule has 2 amide bonds. The number of urea groups is 1. The minimum absolute atomic E-state index is 0.0366. The molecule has 0 spiro atoms. The van der Waals surface area contributed by atoms with Crippen LogP contribution in [0.4, 0.5) is 28.0 Å². The van der Waals surface area contributed by atoms with Gasteiger partial charge in [0.05, 0.1) is 11.9 Å². The van der Waals surface area contributed by atoms with Gasteiger partial charge in [0.1, 0.15) is 13.9 Å². The Bertz CT molecular complexity index is 1340. The number of alkyl halides is 3. The van der Waals surface area contributed by atoms with Gasteiger partial charge in [-0.15, -0.1) is 4.36 Å². The molecule has 2 heterocycles. The maximum Gasteiger partial charge on any atom is 0.433 e. The average molecular weight is 563 g/mol. The van der Waals surface area contributed by atoms with Crippen LogP contribution in [0.15, 0.2) is 15.6 Å². The van der Waals surface area contributed by atoms with E-state index in [-0.39, 0.29) is 27.9 Å². The van der Waals surface area contributed by atoms with Crippen molar-refractivity contribution in [2.24, 2.45) is 10.3 Å². The van der Waals surface area contributed by atoms with Crippen LogP contribution in [0.5, 0.6) is 0 Å². The summed E-state index contributed by atoms with van der Waals surface area (Å²) < 4.78 is 78.2. The number of aromatic nitrogens is 3. The van der Waals surface area contributed by atoms with Gasteiger partial charge in [-0.05, 0) is 43.2 Å². The third-order valence-corrected chi connectivity index (χ3v) is 15.1. The quantitative estimate of drug-likeness (QED) is 0.341. The standard InChI is InChI=1S/C23H34F4N6O2SSi/c1-9-33-12-16(24)20(30-33)36(35,32-37(7,8)22(4,5)6)31-21(34)29-18-14(3)19(23(25,26)27)28-17-11-13(2)10-15(17)18/h12-13H,9-11H2,1-8H3,(H2,28,29,31,32,34,35). The SMILES string of the molecule is CCn1cc(F)c(S(=O)(=NC(=O)Nc2c(C)c(C(F)(F)F)nc3c2CC(C)C3)N[Si](C)(C)C(C)(C)C)n1. The molecule has 37 heavy (non-hydrogen) atoms. The first-order chi connectivity index (χ1) is 16.8. The van der Waals surface area contributed by atoms with Gasteiger partial charge in [0.25, 0.3) is 0 Å². The Kier molecular flexibility index (Phi) is 7.72. The molecular formula is C23H34F4N6O2SSi. The Hall–Kier alpha value is -2.32. The molecule has 2 aromatic rings. The fraction of sp³-hybridized carbons (Fsp3) is 0.609. The van der Waals surface area contributed by atoms with Crippen molar-refractivity contribution in [1.29, 1.82) is 0 Å². The molecule has 206 valence electrons. The van der Waals surface area contributed by atoms with Crippen molar-refractivity contribution in [2.45, 2.75) is 90.3 Å². The predicted molar refractivity (Wildman–Crippen MR) is 137 cm³/mol. The highest BCUT2D eigenvalue weighted by Crippen LogP contribution is 2.40. The summed E-state index contributed by atoms with van der Waals surface area (Å²) in [7, 11) is -6.59. The maximum atomic E-state index is 14.9. The molecular weight excluding hydrogens is 528 g/mol. The van der Waals surface area contributed by atoms with Crippen molar-refractivity contribution in [3.8, 4) is 0 Å². The molecule has 2 N–H and O–H groups in total. The summed E-state index contributed by atoms with van der Waals surface area (Å²) in [6.45, 7) is 14.6. The fourth-order valence-corrected chi connectivity index (χ4v) is 9.41. The lowest BCUT2D eigenvalue weighted by Crippen LogP contribution is -2.54. The van der Waals surface area contributed by atoms with Gasteiger partial charge in [0.15, 0.2) is 15.7 Å². The Morgan fingerprint density at radius 2 is 1.89 bits per heavy atom. The molecule has 2 atom stereocenters. The zero-order valence-corrected chi connectivity index (χ0v) is 24.1. The van der Waals surface area contributed by atoms with Crippen molar-refractivity contribution < 1.29 is 26.6 Å². The van der Waals surface area contributed by atoms with Crippen LogP contribution in [-0.4, -0.2) is 33.2 Å². The minimum Gasteiger partial charge on any atom is -0.305 e. The second-order valence-corrected chi connectivity index (χ2v) is 18.2. The van der Waals surface area contributed by atoms with Crippen LogP contribution in [0.2, 0.25) is 18.1 Å². The van der Waals surface area contributed by atoms with Crippen molar-refractivity contribution in [1.82, 2.24) is 19.2 Å². The average Bonchev–Trinajstić information content (AvgIpc) is 3.29. The molecule has 0 saturated carbocycles. The molecule has 2 unspecified atom stereocenters. The highest BCUT2D eigenvalue weighted by atomic mass is 32.2. The molecule has 2 aromatic heterocycles. The topological polar surface area (TPSA) is 101 Å². The van der Waals surface area contributed by atoms with Crippen molar-refractivity contribution in [2.75, 3.05) is 5.32 Å². The molecule has 1 aliphatic carbocycles. The van der Waals surface area contributed by atoms with Gasteiger partial charge in [0.2, 0.25) is 5.03 Å². The second kappa shape index (κ2) is 9.77. The smallest absolute Gasteiger partial charge is 0.305 e. The van der Waals surface area contributed by atoms with E-state index in [2.05, 4.69) is 24.1 Å². The number of hydrogen-bond acceptors (Lipinski definition) is 4. The first kappa shape index (κ1) is 29.2. The van der Waals surface area contributed by atoms with Gasteiger partial charge >= 0.3 is 12.2 Å². The third kappa shape index (κ3) is 5.90. The Balaban J connectivity index is 2.16. The van der Waals surface area contributed by atoms with Gasteiger partial charge in [0, 0.05) is 17.8 Å². The number of anilines is 1. The Labute approximate surface area is 216 Å². The molecule has 0 aromatic carbocycles. The summed E-state index contributed by atoms with van der Waals surface area (Å²) in [6, 6.07) is -1.16. The van der Waals surface area contributed by atoms with Gasteiger partial charge in [-0.3, -0.25) is 4.68 Å². The number of rotatable bonds is 5. The van der Waals surface area contributed by atoms with Crippen molar-refractivity contribution in [3.05, 3.63) is 34.5 Å². The number of nitrogens with zero attached hydrogens (tertiary/aromatic N) is 4. The lowest BCUT2D eigenvalue weighted by atomic mass is 10.0. The number of nitrogens with one attached hydrogen (secondary N) is 2. The van der Waals surface area contributed by atoms with Crippen LogP contribution in [0.25, 0.3) is 0 Å². The summed E-state index contributed by atoms with van der Waals surface area (Å²) in [6.07, 6.45) is -2.91. The van der Waals surface area contributed by atoms with Gasteiger partial charge < -0.3 is 5.32 Å². The normalized spacial score (nSPS) is 17.9. The lowest BCUT2D eigenvalue weighted by molar-refractivity contribution is -0.141. The molecule has 14 heteroatoms. The number of halogens is 4. The summed E-state index contributed by atoms with van der Waals surface area (Å²) in [5.41, 5.74) is -0.651. The molecule has 3 rings (SSSR count). The number of fused-ring (bicyclic) bond motifs is 1. The summed E-state index contributed by atoms with van der Waals surface area (Å²) in [5.74, 6) is -0.863. The minimum atomic E-state index is -4.73. The predicted octanol–water partition coefficient (Wildman–Crippen LogP) is 6.07. The molecule has 0 radical (unpaired) electrons. The summed E-state index contributed by atoms with van der Waals surface area (Å²) in [4.78, 5) is 17.0. The largest absolute Gasteiger partial charge is 0.433 e. The van der Waals surface area contributed by atoms with E-state index in [0.717, 1.165) is 6.20 Å². The molecule has 0 fully saturated rings. The van der Waals surface area contributed by atoms with E-state index >= 15 is 0 Å². The van der Waals surface area contributed by atoms with Crippen LogP contribution >= 0.6 is 0 Å². The molecule has 1 aliphatic rings.